The lowest BCUT2D eigenvalue weighted by atomic mass is 9.91. The van der Waals surface area contributed by atoms with Crippen LogP contribution in [0.25, 0.3) is 0 Å². The van der Waals surface area contributed by atoms with Crippen molar-refractivity contribution >= 4 is 0 Å². The van der Waals surface area contributed by atoms with E-state index in [4.69, 9.17) is 5.73 Å². The molecule has 1 aliphatic carbocycles. The molecule has 0 aliphatic heterocycles. The van der Waals surface area contributed by atoms with Gasteiger partial charge in [-0.3, -0.25) is 0 Å². The van der Waals surface area contributed by atoms with Gasteiger partial charge in [0.05, 0.1) is 0 Å². The van der Waals surface area contributed by atoms with Crippen molar-refractivity contribution < 1.29 is 0 Å². The molecule has 0 aromatic carbocycles. The Morgan fingerprint density at radius 1 is 1.30 bits per heavy atom. The highest BCUT2D eigenvalue weighted by molar-refractivity contribution is 4.79. The third-order valence-electron chi connectivity index (χ3n) is 2.29. The van der Waals surface area contributed by atoms with E-state index in [1.54, 1.807) is 0 Å². The van der Waals surface area contributed by atoms with Crippen molar-refractivity contribution in [2.45, 2.75) is 51.5 Å². The second-order valence-electron chi connectivity index (χ2n) is 4.34. The first-order valence-electron chi connectivity index (χ1n) is 4.37. The second-order valence-corrected chi connectivity index (χ2v) is 4.34. The number of hydrogen-bond donors (Lipinski definition) is 1. The molecular weight excluding hydrogens is 122 g/mol. The molecule has 0 amide bonds. The summed E-state index contributed by atoms with van der Waals surface area (Å²) < 4.78 is 0. The van der Waals surface area contributed by atoms with Gasteiger partial charge in [-0.25, -0.2) is 0 Å². The van der Waals surface area contributed by atoms with Crippen molar-refractivity contribution in [1.82, 2.24) is 0 Å². The molecule has 60 valence electrons. The van der Waals surface area contributed by atoms with Crippen molar-refractivity contribution in [3.63, 3.8) is 0 Å². The molecule has 1 fully saturated rings. The third-order valence-corrected chi connectivity index (χ3v) is 2.29. The molecule has 0 saturated heterocycles. The normalized spacial score (nSPS) is 21.9. The number of rotatable bonds is 2. The molecular formula is C9H19N. The van der Waals surface area contributed by atoms with Crippen molar-refractivity contribution in [3.8, 4) is 0 Å². The lowest BCUT2D eigenvalue weighted by Gasteiger charge is -2.22. The summed E-state index contributed by atoms with van der Waals surface area (Å²) in [6.07, 6.45) is 6.91. The fourth-order valence-corrected chi connectivity index (χ4v) is 1.96. The molecule has 0 aromatic rings. The molecule has 2 N–H and O–H groups in total. The van der Waals surface area contributed by atoms with Gasteiger partial charge in [0.15, 0.2) is 0 Å². The highest BCUT2D eigenvalue weighted by Crippen LogP contribution is 2.30. The van der Waals surface area contributed by atoms with Crippen LogP contribution in [0, 0.1) is 5.92 Å². The third kappa shape index (κ3) is 2.70. The molecule has 1 heteroatoms. The minimum absolute atomic E-state index is 0.0645. The fraction of sp³-hybridized carbons (Fsp3) is 1.00. The second kappa shape index (κ2) is 2.91. The van der Waals surface area contributed by atoms with Gasteiger partial charge in [0.25, 0.3) is 0 Å². The SMILES string of the molecule is CC(C)(N)CC1CCCC1. The average Bonchev–Trinajstić information content (AvgIpc) is 2.12. The maximum Gasteiger partial charge on any atom is 0.00996 e. The quantitative estimate of drug-likeness (QED) is 0.627. The predicted octanol–water partition coefficient (Wildman–Crippen LogP) is 2.30. The molecule has 10 heavy (non-hydrogen) atoms. The fourth-order valence-electron chi connectivity index (χ4n) is 1.96. The molecule has 0 heterocycles. The highest BCUT2D eigenvalue weighted by atomic mass is 14.7. The molecule has 1 nitrogen and oxygen atoms in total. The Hall–Kier alpha value is -0.0400. The zero-order valence-corrected chi connectivity index (χ0v) is 7.19. The lowest BCUT2D eigenvalue weighted by molar-refractivity contribution is 0.366. The van der Waals surface area contributed by atoms with E-state index in [0.29, 0.717) is 0 Å². The van der Waals surface area contributed by atoms with E-state index in [1.165, 1.54) is 32.1 Å². The van der Waals surface area contributed by atoms with Crippen molar-refractivity contribution in [3.05, 3.63) is 0 Å². The Bertz CT molecular complexity index is 95.8. The van der Waals surface area contributed by atoms with Crippen LogP contribution in [0.2, 0.25) is 0 Å². The smallest absolute Gasteiger partial charge is 0.00996 e. The molecule has 0 bridgehead atoms. The monoisotopic (exact) mass is 141 g/mol. The summed E-state index contributed by atoms with van der Waals surface area (Å²) in [7, 11) is 0. The average molecular weight is 141 g/mol. The zero-order valence-electron chi connectivity index (χ0n) is 7.19. The molecule has 0 unspecified atom stereocenters. The molecule has 1 aliphatic rings. The Morgan fingerprint density at radius 2 is 1.80 bits per heavy atom. The number of nitrogens with two attached hydrogens (primary N) is 1. The Balaban J connectivity index is 2.24. The van der Waals surface area contributed by atoms with E-state index in [1.807, 2.05) is 0 Å². The molecule has 1 rings (SSSR count). The minimum atomic E-state index is 0.0645. The van der Waals surface area contributed by atoms with Gasteiger partial charge in [-0.05, 0) is 26.2 Å². The summed E-state index contributed by atoms with van der Waals surface area (Å²) in [5.74, 6) is 0.931. The van der Waals surface area contributed by atoms with Crippen molar-refractivity contribution in [1.29, 1.82) is 0 Å². The Morgan fingerprint density at radius 3 is 2.20 bits per heavy atom. The van der Waals surface area contributed by atoms with Crippen LogP contribution < -0.4 is 5.73 Å². The largest absolute Gasteiger partial charge is 0.326 e. The van der Waals surface area contributed by atoms with E-state index in [2.05, 4.69) is 13.8 Å². The van der Waals surface area contributed by atoms with Crippen LogP contribution in [0.3, 0.4) is 0 Å². The Kier molecular flexibility index (Phi) is 2.35. The van der Waals surface area contributed by atoms with Crippen molar-refractivity contribution in [2.24, 2.45) is 11.7 Å². The summed E-state index contributed by atoms with van der Waals surface area (Å²) in [6, 6.07) is 0. The topological polar surface area (TPSA) is 26.0 Å². The van der Waals surface area contributed by atoms with Crippen LogP contribution in [0.15, 0.2) is 0 Å². The zero-order chi connectivity index (χ0) is 7.61. The maximum atomic E-state index is 5.92. The van der Waals surface area contributed by atoms with Crippen LogP contribution in [0.4, 0.5) is 0 Å². The van der Waals surface area contributed by atoms with Gasteiger partial charge in [0.2, 0.25) is 0 Å². The van der Waals surface area contributed by atoms with Crippen molar-refractivity contribution in [2.75, 3.05) is 0 Å². The summed E-state index contributed by atoms with van der Waals surface area (Å²) in [4.78, 5) is 0. The Labute approximate surface area is 64.0 Å². The summed E-state index contributed by atoms with van der Waals surface area (Å²) in [6.45, 7) is 4.26. The van der Waals surface area contributed by atoms with Gasteiger partial charge in [-0.1, -0.05) is 25.7 Å². The molecule has 1 saturated carbocycles. The van der Waals surface area contributed by atoms with E-state index in [9.17, 15) is 0 Å². The van der Waals surface area contributed by atoms with Crippen LogP contribution >= 0.6 is 0 Å². The highest BCUT2D eigenvalue weighted by Gasteiger charge is 2.21. The maximum absolute atomic E-state index is 5.92. The lowest BCUT2D eigenvalue weighted by Crippen LogP contribution is -2.33. The van der Waals surface area contributed by atoms with Gasteiger partial charge in [-0.2, -0.15) is 0 Å². The minimum Gasteiger partial charge on any atom is -0.326 e. The van der Waals surface area contributed by atoms with Crippen LogP contribution in [-0.4, -0.2) is 5.54 Å². The van der Waals surface area contributed by atoms with E-state index < -0.39 is 0 Å². The summed E-state index contributed by atoms with van der Waals surface area (Å²) in [5, 5.41) is 0. The van der Waals surface area contributed by atoms with Gasteiger partial charge < -0.3 is 5.73 Å². The van der Waals surface area contributed by atoms with E-state index in [-0.39, 0.29) is 5.54 Å². The first kappa shape index (κ1) is 8.06. The molecule has 0 aromatic heterocycles. The van der Waals surface area contributed by atoms with Gasteiger partial charge in [-0.15, -0.1) is 0 Å². The predicted molar refractivity (Wildman–Crippen MR) is 44.8 cm³/mol. The standard InChI is InChI=1S/C9H19N/c1-9(2,10)7-8-5-3-4-6-8/h8H,3-7,10H2,1-2H3. The van der Waals surface area contributed by atoms with Gasteiger partial charge >= 0.3 is 0 Å². The first-order valence-corrected chi connectivity index (χ1v) is 4.37. The molecule has 0 atom stereocenters. The summed E-state index contributed by atoms with van der Waals surface area (Å²) in [5.41, 5.74) is 5.98. The summed E-state index contributed by atoms with van der Waals surface area (Å²) >= 11 is 0. The molecule has 0 spiro atoms. The first-order chi connectivity index (χ1) is 4.58. The number of hydrogen-bond acceptors (Lipinski definition) is 1. The van der Waals surface area contributed by atoms with E-state index in [0.717, 1.165) is 5.92 Å². The van der Waals surface area contributed by atoms with E-state index >= 15 is 0 Å². The van der Waals surface area contributed by atoms with Crippen LogP contribution in [0.5, 0.6) is 0 Å². The van der Waals surface area contributed by atoms with Gasteiger partial charge in [0, 0.05) is 5.54 Å². The van der Waals surface area contributed by atoms with Gasteiger partial charge in [0.1, 0.15) is 0 Å². The van der Waals surface area contributed by atoms with Crippen LogP contribution in [0.1, 0.15) is 46.0 Å². The van der Waals surface area contributed by atoms with Crippen LogP contribution in [-0.2, 0) is 0 Å². The molecule has 0 radical (unpaired) electrons.